The second kappa shape index (κ2) is 5.89. The molecule has 1 aliphatic heterocycles. The van der Waals surface area contributed by atoms with Gasteiger partial charge in [0.1, 0.15) is 6.07 Å². The number of fused-ring (bicyclic) bond motifs is 1. The zero-order chi connectivity index (χ0) is 14.3. The van der Waals surface area contributed by atoms with Gasteiger partial charge in [-0.05, 0) is 19.2 Å². The standard InChI is InChI=1S/C17H15N3.Ir/c1-12-7-8-15(9-13(12)2)20-11-19(3)17-14(10-18)5-4-6-16(17)20;/h4-7,9,11H,1-3H3;/q-2;. The number of para-hydroxylation sites is 1. The summed E-state index contributed by atoms with van der Waals surface area (Å²) >= 11 is 0. The van der Waals surface area contributed by atoms with E-state index in [-0.39, 0.29) is 20.1 Å². The molecule has 1 radical (unpaired) electrons. The number of nitriles is 1. The van der Waals surface area contributed by atoms with E-state index in [1.54, 1.807) is 0 Å². The Morgan fingerprint density at radius 1 is 1.24 bits per heavy atom. The van der Waals surface area contributed by atoms with Crippen molar-refractivity contribution < 1.29 is 20.1 Å². The van der Waals surface area contributed by atoms with Gasteiger partial charge in [-0.25, -0.2) is 0 Å². The summed E-state index contributed by atoms with van der Waals surface area (Å²) in [6, 6.07) is 15.5. The maximum Gasteiger partial charge on any atom is 0.101 e. The van der Waals surface area contributed by atoms with Gasteiger partial charge in [-0.2, -0.15) is 35.2 Å². The number of rotatable bonds is 1. The Morgan fingerprint density at radius 2 is 2.00 bits per heavy atom. The van der Waals surface area contributed by atoms with Crippen LogP contribution in [0.1, 0.15) is 16.7 Å². The molecule has 0 amide bonds. The van der Waals surface area contributed by atoms with Crippen LogP contribution in [0.5, 0.6) is 0 Å². The van der Waals surface area contributed by atoms with Crippen LogP contribution in [0.25, 0.3) is 0 Å². The minimum atomic E-state index is 0. The topological polar surface area (TPSA) is 30.3 Å². The smallest absolute Gasteiger partial charge is 0.101 e. The van der Waals surface area contributed by atoms with Crippen LogP contribution < -0.4 is 9.80 Å². The first kappa shape index (κ1) is 15.6. The van der Waals surface area contributed by atoms with E-state index in [2.05, 4.69) is 36.9 Å². The predicted octanol–water partition coefficient (Wildman–Crippen LogP) is 3.68. The molecule has 4 heteroatoms. The van der Waals surface area contributed by atoms with Crippen molar-refractivity contribution in [1.29, 1.82) is 5.26 Å². The van der Waals surface area contributed by atoms with Crippen LogP contribution in [-0.2, 0) is 20.1 Å². The summed E-state index contributed by atoms with van der Waals surface area (Å²) in [7, 11) is 1.96. The molecule has 1 aliphatic rings. The maximum absolute atomic E-state index is 9.24. The van der Waals surface area contributed by atoms with Crippen LogP contribution in [-0.4, -0.2) is 7.05 Å². The molecule has 0 atom stereocenters. The van der Waals surface area contributed by atoms with E-state index in [4.69, 9.17) is 0 Å². The van der Waals surface area contributed by atoms with Gasteiger partial charge in [-0.3, -0.25) is 0 Å². The van der Waals surface area contributed by atoms with Gasteiger partial charge in [-0.15, -0.1) is 11.8 Å². The van der Waals surface area contributed by atoms with E-state index in [1.807, 2.05) is 42.9 Å². The van der Waals surface area contributed by atoms with Crippen molar-refractivity contribution in [3.05, 3.63) is 59.8 Å². The quantitative estimate of drug-likeness (QED) is 0.618. The molecule has 0 aliphatic carbocycles. The van der Waals surface area contributed by atoms with Gasteiger partial charge in [-0.1, -0.05) is 19.9 Å². The molecule has 21 heavy (non-hydrogen) atoms. The third kappa shape index (κ3) is 2.55. The fourth-order valence-corrected chi connectivity index (χ4v) is 2.47. The summed E-state index contributed by atoms with van der Waals surface area (Å²) in [5.41, 5.74) is 6.11. The molecular weight excluding hydrogens is 438 g/mol. The molecule has 0 saturated carbocycles. The summed E-state index contributed by atoms with van der Waals surface area (Å²) in [6.07, 6.45) is 0. The summed E-state index contributed by atoms with van der Waals surface area (Å²) in [5, 5.41) is 9.24. The van der Waals surface area contributed by atoms with Gasteiger partial charge in [0.25, 0.3) is 0 Å². The second-order valence-corrected chi connectivity index (χ2v) is 5.07. The Balaban J connectivity index is 0.00000161. The van der Waals surface area contributed by atoms with Gasteiger partial charge < -0.3 is 9.80 Å². The summed E-state index contributed by atoms with van der Waals surface area (Å²) in [4.78, 5) is 4.06. The molecule has 2 aromatic rings. The van der Waals surface area contributed by atoms with Gasteiger partial charge in [0.2, 0.25) is 0 Å². The fraction of sp³-hybridized carbons (Fsp3) is 0.176. The van der Waals surface area contributed by atoms with Gasteiger partial charge in [0.15, 0.2) is 0 Å². The average molecular weight is 454 g/mol. The molecule has 0 spiro atoms. The fourth-order valence-electron chi connectivity index (χ4n) is 2.47. The molecule has 0 N–H and O–H groups in total. The van der Waals surface area contributed by atoms with Gasteiger partial charge in [0, 0.05) is 31.5 Å². The van der Waals surface area contributed by atoms with Crippen LogP contribution in [0.2, 0.25) is 0 Å². The molecule has 0 fully saturated rings. The van der Waals surface area contributed by atoms with Crippen molar-refractivity contribution in [2.24, 2.45) is 0 Å². The van der Waals surface area contributed by atoms with Crippen molar-refractivity contribution in [2.45, 2.75) is 13.8 Å². The normalized spacial score (nSPS) is 12.7. The van der Waals surface area contributed by atoms with E-state index >= 15 is 0 Å². The third-order valence-corrected chi connectivity index (χ3v) is 3.71. The van der Waals surface area contributed by atoms with Crippen molar-refractivity contribution in [1.82, 2.24) is 0 Å². The van der Waals surface area contributed by atoms with Crippen molar-refractivity contribution in [3.8, 4) is 6.07 Å². The molecule has 2 aromatic carbocycles. The van der Waals surface area contributed by atoms with Crippen molar-refractivity contribution in [3.63, 3.8) is 0 Å². The number of anilines is 3. The van der Waals surface area contributed by atoms with Gasteiger partial charge >= 0.3 is 0 Å². The molecule has 0 bridgehead atoms. The molecule has 109 valence electrons. The SMILES string of the molecule is Cc1c[c-]c(N2[CH-]N(C)c3c(C#N)cccc32)cc1C.[Ir]. The molecule has 1 heterocycles. The summed E-state index contributed by atoms with van der Waals surface area (Å²) in [6.45, 7) is 6.17. The zero-order valence-corrected chi connectivity index (χ0v) is 14.5. The van der Waals surface area contributed by atoms with Gasteiger partial charge in [0.05, 0.1) is 5.56 Å². The zero-order valence-electron chi connectivity index (χ0n) is 12.1. The van der Waals surface area contributed by atoms with Crippen LogP contribution in [0.4, 0.5) is 17.1 Å². The largest absolute Gasteiger partial charge is 0.503 e. The molecule has 0 unspecified atom stereocenters. The number of hydrogen-bond acceptors (Lipinski definition) is 3. The van der Waals surface area contributed by atoms with Crippen LogP contribution in [0.3, 0.4) is 0 Å². The minimum Gasteiger partial charge on any atom is -0.503 e. The van der Waals surface area contributed by atoms with Crippen molar-refractivity contribution >= 4 is 17.1 Å². The first-order valence-electron chi connectivity index (χ1n) is 6.51. The van der Waals surface area contributed by atoms with Crippen molar-refractivity contribution in [2.75, 3.05) is 16.8 Å². The monoisotopic (exact) mass is 454 g/mol. The predicted molar refractivity (Wildman–Crippen MR) is 80.8 cm³/mol. The summed E-state index contributed by atoms with van der Waals surface area (Å²) < 4.78 is 0. The van der Waals surface area contributed by atoms with E-state index in [0.29, 0.717) is 5.56 Å². The van der Waals surface area contributed by atoms with E-state index < -0.39 is 0 Å². The van der Waals surface area contributed by atoms with Crippen LogP contribution in [0, 0.1) is 37.9 Å². The first-order valence-corrected chi connectivity index (χ1v) is 6.51. The molecule has 0 saturated heterocycles. The Morgan fingerprint density at radius 3 is 2.67 bits per heavy atom. The Kier molecular flexibility index (Phi) is 4.37. The van der Waals surface area contributed by atoms with Crippen LogP contribution in [0.15, 0.2) is 30.3 Å². The van der Waals surface area contributed by atoms with E-state index in [0.717, 1.165) is 17.1 Å². The third-order valence-electron chi connectivity index (χ3n) is 3.71. The average Bonchev–Trinajstić information content (AvgIpc) is 2.79. The maximum atomic E-state index is 9.24. The van der Waals surface area contributed by atoms with E-state index in [9.17, 15) is 5.26 Å². The number of nitrogens with zero attached hydrogens (tertiary/aromatic N) is 3. The Labute approximate surface area is 139 Å². The molecule has 0 aromatic heterocycles. The minimum absolute atomic E-state index is 0. The second-order valence-electron chi connectivity index (χ2n) is 5.07. The number of aryl methyl sites for hydroxylation is 2. The Bertz CT molecular complexity index is 718. The summed E-state index contributed by atoms with van der Waals surface area (Å²) in [5.74, 6) is 0. The Hall–Kier alpha value is -1.82. The molecule has 3 rings (SSSR count). The molecular formula is C17H15IrN3-2. The molecule has 3 nitrogen and oxygen atoms in total. The van der Waals surface area contributed by atoms with Crippen LogP contribution >= 0.6 is 0 Å². The number of benzene rings is 2. The van der Waals surface area contributed by atoms with E-state index in [1.165, 1.54) is 11.1 Å². The first-order chi connectivity index (χ1) is 9.61. The number of hydrogen-bond donors (Lipinski definition) is 0.